The van der Waals surface area contributed by atoms with Crippen LogP contribution in [0.15, 0.2) is 24.3 Å². The number of aliphatic hydroxyl groups is 1. The van der Waals surface area contributed by atoms with Gasteiger partial charge in [0.1, 0.15) is 5.75 Å². The van der Waals surface area contributed by atoms with Gasteiger partial charge in [0.25, 0.3) is 0 Å². The molecule has 0 fully saturated rings. The minimum atomic E-state index is 0.108. The van der Waals surface area contributed by atoms with E-state index in [-0.39, 0.29) is 12.6 Å². The highest BCUT2D eigenvalue weighted by Gasteiger charge is 2.02. The fourth-order valence-corrected chi connectivity index (χ4v) is 1.30. The molecule has 0 saturated heterocycles. The number of hydrogen-bond donors (Lipinski definition) is 2. The van der Waals surface area contributed by atoms with Gasteiger partial charge in [-0.2, -0.15) is 0 Å². The summed E-state index contributed by atoms with van der Waals surface area (Å²) in [5, 5.41) is 8.60. The van der Waals surface area contributed by atoms with Crippen molar-refractivity contribution in [3.63, 3.8) is 0 Å². The molecule has 3 N–H and O–H groups in total. The van der Waals surface area contributed by atoms with E-state index in [0.29, 0.717) is 13.0 Å². The van der Waals surface area contributed by atoms with Crippen LogP contribution in [0.2, 0.25) is 0 Å². The van der Waals surface area contributed by atoms with E-state index < -0.39 is 0 Å². The first-order valence-corrected chi connectivity index (χ1v) is 5.37. The van der Waals surface area contributed by atoms with E-state index in [1.54, 1.807) is 0 Å². The topological polar surface area (TPSA) is 55.5 Å². The van der Waals surface area contributed by atoms with Crippen molar-refractivity contribution >= 4 is 0 Å². The summed E-state index contributed by atoms with van der Waals surface area (Å²) >= 11 is 0. The van der Waals surface area contributed by atoms with E-state index in [0.717, 1.165) is 17.7 Å². The largest absolute Gasteiger partial charge is 0.494 e. The Labute approximate surface area is 90.9 Å². The second-order valence-electron chi connectivity index (χ2n) is 3.51. The van der Waals surface area contributed by atoms with Crippen LogP contribution in [0.3, 0.4) is 0 Å². The molecule has 3 heteroatoms. The number of ether oxygens (including phenoxy) is 1. The molecule has 0 heterocycles. The Bertz CT molecular complexity index is 271. The van der Waals surface area contributed by atoms with Crippen molar-refractivity contribution in [2.75, 3.05) is 13.2 Å². The van der Waals surface area contributed by atoms with Crippen LogP contribution in [0.1, 0.15) is 31.4 Å². The summed E-state index contributed by atoms with van der Waals surface area (Å²) in [5.41, 5.74) is 7.02. The van der Waals surface area contributed by atoms with Gasteiger partial charge in [0.15, 0.2) is 0 Å². The van der Waals surface area contributed by atoms with Crippen LogP contribution in [0.5, 0.6) is 5.75 Å². The lowest BCUT2D eigenvalue weighted by atomic mass is 10.1. The zero-order chi connectivity index (χ0) is 11.1. The Kier molecular flexibility index (Phi) is 5.15. The van der Waals surface area contributed by atoms with Crippen LogP contribution in [-0.2, 0) is 0 Å². The summed E-state index contributed by atoms with van der Waals surface area (Å²) in [4.78, 5) is 0. The predicted octanol–water partition coefficient (Wildman–Crippen LogP) is 1.86. The predicted molar refractivity (Wildman–Crippen MR) is 60.9 cm³/mol. The molecule has 0 aliphatic rings. The van der Waals surface area contributed by atoms with Crippen molar-refractivity contribution in [3.05, 3.63) is 29.8 Å². The van der Waals surface area contributed by atoms with Gasteiger partial charge in [-0.05, 0) is 24.1 Å². The summed E-state index contributed by atoms with van der Waals surface area (Å²) in [6, 6.07) is 7.92. The molecule has 0 saturated carbocycles. The van der Waals surface area contributed by atoms with Crippen LogP contribution in [0, 0.1) is 0 Å². The summed E-state index contributed by atoms with van der Waals surface area (Å²) in [6.45, 7) is 2.78. The van der Waals surface area contributed by atoms with Crippen LogP contribution >= 0.6 is 0 Å². The highest BCUT2D eigenvalue weighted by molar-refractivity contribution is 5.28. The van der Waals surface area contributed by atoms with E-state index in [1.807, 2.05) is 24.3 Å². The number of hydrogen-bond acceptors (Lipinski definition) is 3. The Balaban J connectivity index is 2.49. The Morgan fingerprint density at radius 1 is 1.33 bits per heavy atom. The van der Waals surface area contributed by atoms with Gasteiger partial charge < -0.3 is 15.6 Å². The molecule has 0 aliphatic heterocycles. The third-order valence-electron chi connectivity index (χ3n) is 2.32. The smallest absolute Gasteiger partial charge is 0.119 e. The van der Waals surface area contributed by atoms with Crippen molar-refractivity contribution in [2.45, 2.75) is 25.8 Å². The maximum atomic E-state index is 8.60. The highest BCUT2D eigenvalue weighted by Crippen LogP contribution is 2.18. The maximum Gasteiger partial charge on any atom is 0.119 e. The third kappa shape index (κ3) is 3.90. The van der Waals surface area contributed by atoms with E-state index in [9.17, 15) is 0 Å². The molecule has 0 bridgehead atoms. The molecule has 1 atom stereocenters. The molecule has 0 radical (unpaired) electrons. The van der Waals surface area contributed by atoms with Crippen molar-refractivity contribution in [3.8, 4) is 5.75 Å². The average molecular weight is 209 g/mol. The van der Waals surface area contributed by atoms with Gasteiger partial charge in [-0.15, -0.1) is 0 Å². The van der Waals surface area contributed by atoms with Gasteiger partial charge in [-0.1, -0.05) is 19.1 Å². The zero-order valence-electron chi connectivity index (χ0n) is 9.15. The quantitative estimate of drug-likeness (QED) is 0.703. The van der Waals surface area contributed by atoms with E-state index >= 15 is 0 Å². The first-order valence-electron chi connectivity index (χ1n) is 5.37. The standard InChI is InChI=1S/C12H19NO2/c1-2-12(13)10-4-6-11(7-5-10)15-9-3-8-14/h4-7,12,14H,2-3,8-9,13H2,1H3/t12-/m0/s1. The van der Waals surface area contributed by atoms with Crippen molar-refractivity contribution in [1.82, 2.24) is 0 Å². The van der Waals surface area contributed by atoms with Crippen molar-refractivity contribution < 1.29 is 9.84 Å². The van der Waals surface area contributed by atoms with E-state index in [4.69, 9.17) is 15.6 Å². The Morgan fingerprint density at radius 3 is 2.53 bits per heavy atom. The number of rotatable bonds is 6. The van der Waals surface area contributed by atoms with E-state index in [2.05, 4.69) is 6.92 Å². The van der Waals surface area contributed by atoms with Crippen LogP contribution in [0.4, 0.5) is 0 Å². The molecule has 3 nitrogen and oxygen atoms in total. The lowest BCUT2D eigenvalue weighted by Crippen LogP contribution is -2.08. The van der Waals surface area contributed by atoms with Gasteiger partial charge in [0, 0.05) is 19.1 Å². The maximum absolute atomic E-state index is 8.60. The molecule has 0 aromatic heterocycles. The average Bonchev–Trinajstić information content (AvgIpc) is 2.29. The third-order valence-corrected chi connectivity index (χ3v) is 2.32. The van der Waals surface area contributed by atoms with Crippen molar-refractivity contribution in [1.29, 1.82) is 0 Å². The second kappa shape index (κ2) is 6.43. The van der Waals surface area contributed by atoms with Gasteiger partial charge >= 0.3 is 0 Å². The fraction of sp³-hybridized carbons (Fsp3) is 0.500. The minimum absolute atomic E-state index is 0.108. The first-order chi connectivity index (χ1) is 7.27. The lowest BCUT2D eigenvalue weighted by molar-refractivity contribution is 0.233. The minimum Gasteiger partial charge on any atom is -0.494 e. The van der Waals surface area contributed by atoms with Crippen LogP contribution in [0.25, 0.3) is 0 Å². The van der Waals surface area contributed by atoms with Gasteiger partial charge in [0.05, 0.1) is 6.61 Å². The monoisotopic (exact) mass is 209 g/mol. The molecule has 1 aromatic carbocycles. The molecular weight excluding hydrogens is 190 g/mol. The summed E-state index contributed by atoms with van der Waals surface area (Å²) in [6.07, 6.45) is 1.60. The van der Waals surface area contributed by atoms with Crippen LogP contribution < -0.4 is 10.5 Å². The second-order valence-corrected chi connectivity index (χ2v) is 3.51. The molecule has 1 rings (SSSR count). The normalized spacial score (nSPS) is 12.5. The molecule has 0 unspecified atom stereocenters. The lowest BCUT2D eigenvalue weighted by Gasteiger charge is -2.10. The Hall–Kier alpha value is -1.06. The van der Waals surface area contributed by atoms with Crippen molar-refractivity contribution in [2.24, 2.45) is 5.73 Å². The SMILES string of the molecule is CC[C@H](N)c1ccc(OCCCO)cc1. The summed E-state index contributed by atoms with van der Waals surface area (Å²) < 4.78 is 5.41. The summed E-state index contributed by atoms with van der Waals surface area (Å²) in [7, 11) is 0. The number of nitrogens with two attached hydrogens (primary N) is 1. The molecule has 0 spiro atoms. The number of benzene rings is 1. The number of aliphatic hydroxyl groups excluding tert-OH is 1. The molecule has 84 valence electrons. The van der Waals surface area contributed by atoms with Gasteiger partial charge in [-0.3, -0.25) is 0 Å². The zero-order valence-corrected chi connectivity index (χ0v) is 9.15. The van der Waals surface area contributed by atoms with Crippen LogP contribution in [-0.4, -0.2) is 18.3 Å². The first kappa shape index (κ1) is 12.0. The fourth-order valence-electron chi connectivity index (χ4n) is 1.30. The van der Waals surface area contributed by atoms with E-state index in [1.165, 1.54) is 0 Å². The molecule has 0 amide bonds. The molecule has 0 aliphatic carbocycles. The molecule has 15 heavy (non-hydrogen) atoms. The summed E-state index contributed by atoms with van der Waals surface area (Å²) in [5.74, 6) is 0.829. The molecular formula is C12H19NO2. The Morgan fingerprint density at radius 2 is 2.00 bits per heavy atom. The van der Waals surface area contributed by atoms with Gasteiger partial charge in [0.2, 0.25) is 0 Å². The molecule has 1 aromatic rings. The van der Waals surface area contributed by atoms with Gasteiger partial charge in [-0.25, -0.2) is 0 Å². The highest BCUT2D eigenvalue weighted by atomic mass is 16.5.